The number of fused-ring (bicyclic) bond motifs is 1. The van der Waals surface area contributed by atoms with Gasteiger partial charge in [-0.05, 0) is 35.2 Å². The molecule has 0 radical (unpaired) electrons. The fourth-order valence-corrected chi connectivity index (χ4v) is 4.59. The maximum absolute atomic E-state index is 10.8. The van der Waals surface area contributed by atoms with Crippen LogP contribution in [-0.4, -0.2) is 59.2 Å². The van der Waals surface area contributed by atoms with Gasteiger partial charge in [-0.1, -0.05) is 48.0 Å². The highest BCUT2D eigenvalue weighted by Gasteiger charge is 2.46. The number of benzene rings is 2. The number of aliphatic hydroxyl groups excluding tert-OH is 2. The molecule has 2 aliphatic rings. The molecule has 2 aliphatic heterocycles. The van der Waals surface area contributed by atoms with E-state index in [0.29, 0.717) is 13.1 Å². The summed E-state index contributed by atoms with van der Waals surface area (Å²) in [5.41, 5.74) is 3.79. The van der Waals surface area contributed by atoms with Gasteiger partial charge in [-0.15, -0.1) is 0 Å². The second-order valence-corrected chi connectivity index (χ2v) is 8.06. The number of hydrogen-bond acceptors (Lipinski definition) is 5. The fraction of sp³-hybridized carbons (Fsp3) is 0.455. The molecule has 0 bridgehead atoms. The largest absolute Gasteiger partial charge is 0.394 e. The molecular weight excluding hydrogens is 376 g/mol. The minimum Gasteiger partial charge on any atom is -0.394 e. The maximum atomic E-state index is 10.8. The van der Waals surface area contributed by atoms with E-state index in [9.17, 15) is 10.2 Å². The Labute approximate surface area is 170 Å². The van der Waals surface area contributed by atoms with E-state index < -0.39 is 12.2 Å². The number of nitrogens with one attached hydrogen (secondary N) is 1. The molecule has 4 unspecified atom stereocenters. The molecule has 2 heterocycles. The van der Waals surface area contributed by atoms with Crippen molar-refractivity contribution < 1.29 is 14.9 Å². The summed E-state index contributed by atoms with van der Waals surface area (Å²) in [7, 11) is 0. The molecular formula is C22H27ClN2O3. The Morgan fingerprint density at radius 1 is 1.11 bits per heavy atom. The topological polar surface area (TPSA) is 65.0 Å². The number of rotatable bonds is 6. The predicted octanol–water partition coefficient (Wildman–Crippen LogP) is 1.98. The van der Waals surface area contributed by atoms with Gasteiger partial charge in [0.05, 0.1) is 18.8 Å². The molecule has 4 rings (SSSR count). The summed E-state index contributed by atoms with van der Waals surface area (Å²) in [5, 5.41) is 24.6. The third kappa shape index (κ3) is 4.25. The molecule has 1 fully saturated rings. The highest BCUT2D eigenvalue weighted by Crippen LogP contribution is 2.30. The van der Waals surface area contributed by atoms with Crippen LogP contribution in [0.1, 0.15) is 16.7 Å². The first kappa shape index (κ1) is 19.8. The molecule has 2 aromatic rings. The molecule has 0 amide bonds. The summed E-state index contributed by atoms with van der Waals surface area (Å²) in [6.45, 7) is 2.78. The maximum Gasteiger partial charge on any atom is 0.109 e. The second-order valence-electron chi connectivity index (χ2n) is 7.63. The van der Waals surface area contributed by atoms with Crippen LogP contribution in [0, 0.1) is 0 Å². The van der Waals surface area contributed by atoms with Crippen LogP contribution in [0.3, 0.4) is 0 Å². The summed E-state index contributed by atoms with van der Waals surface area (Å²) in [6.07, 6.45) is -0.462. The minimum absolute atomic E-state index is 0.141. The van der Waals surface area contributed by atoms with E-state index in [1.54, 1.807) is 0 Å². The molecule has 2 aromatic carbocycles. The summed E-state index contributed by atoms with van der Waals surface area (Å²) in [5.74, 6) is 0. The molecule has 0 spiro atoms. The van der Waals surface area contributed by atoms with Crippen LogP contribution in [0.2, 0.25) is 5.02 Å². The summed E-state index contributed by atoms with van der Waals surface area (Å²) < 4.78 is 6.01. The first-order valence-corrected chi connectivity index (χ1v) is 10.2. The van der Waals surface area contributed by atoms with Crippen LogP contribution in [0.15, 0.2) is 48.5 Å². The molecule has 4 atom stereocenters. The van der Waals surface area contributed by atoms with Gasteiger partial charge in [0, 0.05) is 31.2 Å². The van der Waals surface area contributed by atoms with Crippen LogP contribution in [0.5, 0.6) is 0 Å². The van der Waals surface area contributed by atoms with Crippen molar-refractivity contribution in [2.45, 2.75) is 43.9 Å². The van der Waals surface area contributed by atoms with E-state index in [2.05, 4.69) is 34.5 Å². The molecule has 28 heavy (non-hydrogen) atoms. The lowest BCUT2D eigenvalue weighted by molar-refractivity contribution is -0.0213. The van der Waals surface area contributed by atoms with Gasteiger partial charge in [0.2, 0.25) is 0 Å². The van der Waals surface area contributed by atoms with Gasteiger partial charge in [0.1, 0.15) is 12.2 Å². The van der Waals surface area contributed by atoms with Crippen molar-refractivity contribution in [2.24, 2.45) is 0 Å². The van der Waals surface area contributed by atoms with Crippen LogP contribution < -0.4 is 5.32 Å². The summed E-state index contributed by atoms with van der Waals surface area (Å²) >= 11 is 6.05. The lowest BCUT2D eigenvalue weighted by Crippen LogP contribution is -2.52. The zero-order valence-corrected chi connectivity index (χ0v) is 16.6. The van der Waals surface area contributed by atoms with Crippen molar-refractivity contribution in [1.82, 2.24) is 10.2 Å². The minimum atomic E-state index is -0.701. The van der Waals surface area contributed by atoms with Gasteiger partial charge < -0.3 is 20.3 Å². The predicted molar refractivity (Wildman–Crippen MR) is 109 cm³/mol. The summed E-state index contributed by atoms with van der Waals surface area (Å²) in [6, 6.07) is 16.1. The Bertz CT molecular complexity index is 803. The highest BCUT2D eigenvalue weighted by molar-refractivity contribution is 6.30. The first-order valence-electron chi connectivity index (χ1n) is 9.86. The van der Waals surface area contributed by atoms with Crippen molar-refractivity contribution in [2.75, 3.05) is 19.7 Å². The average Bonchev–Trinajstić information content (AvgIpc) is 3.03. The Kier molecular flexibility index (Phi) is 6.31. The van der Waals surface area contributed by atoms with Gasteiger partial charge >= 0.3 is 0 Å². The first-order chi connectivity index (χ1) is 13.7. The highest BCUT2D eigenvalue weighted by atomic mass is 35.5. The van der Waals surface area contributed by atoms with E-state index in [0.717, 1.165) is 30.1 Å². The van der Waals surface area contributed by atoms with Crippen LogP contribution >= 0.6 is 11.6 Å². The normalized spacial score (nSPS) is 27.7. The standard InChI is InChI=1S/C22H27ClN2O3/c23-18-7-3-4-15(10-18)11-24-12-19-21(22(27)20(14-26)28-19)25-9-8-16-5-1-2-6-17(16)13-25/h1-7,10,19-22,24,26-27H,8-9,11-14H2. The van der Waals surface area contributed by atoms with Crippen molar-refractivity contribution >= 4 is 11.6 Å². The number of halogens is 1. The average molecular weight is 403 g/mol. The zero-order chi connectivity index (χ0) is 19.5. The number of ether oxygens (including phenoxy) is 1. The third-order valence-corrected chi connectivity index (χ3v) is 6.02. The smallest absolute Gasteiger partial charge is 0.109 e. The zero-order valence-electron chi connectivity index (χ0n) is 15.8. The molecule has 0 aromatic heterocycles. The van der Waals surface area contributed by atoms with Gasteiger partial charge in [-0.3, -0.25) is 4.90 Å². The van der Waals surface area contributed by atoms with E-state index in [-0.39, 0.29) is 18.8 Å². The van der Waals surface area contributed by atoms with Crippen molar-refractivity contribution in [3.05, 3.63) is 70.2 Å². The molecule has 0 saturated carbocycles. The molecule has 5 nitrogen and oxygen atoms in total. The monoisotopic (exact) mass is 402 g/mol. The Morgan fingerprint density at radius 3 is 2.71 bits per heavy atom. The number of hydrogen-bond donors (Lipinski definition) is 3. The van der Waals surface area contributed by atoms with E-state index in [1.165, 1.54) is 11.1 Å². The van der Waals surface area contributed by atoms with Crippen molar-refractivity contribution in [3.63, 3.8) is 0 Å². The quantitative estimate of drug-likeness (QED) is 0.689. The lowest BCUT2D eigenvalue weighted by Gasteiger charge is -2.37. The van der Waals surface area contributed by atoms with Crippen molar-refractivity contribution in [3.8, 4) is 0 Å². The fourth-order valence-electron chi connectivity index (χ4n) is 4.37. The van der Waals surface area contributed by atoms with Crippen LogP contribution in [0.4, 0.5) is 0 Å². The van der Waals surface area contributed by atoms with Gasteiger partial charge in [-0.25, -0.2) is 0 Å². The molecule has 0 aliphatic carbocycles. The van der Waals surface area contributed by atoms with Gasteiger partial charge in [0.15, 0.2) is 0 Å². The number of aliphatic hydroxyl groups is 2. The number of nitrogens with zero attached hydrogens (tertiary/aromatic N) is 1. The molecule has 3 N–H and O–H groups in total. The lowest BCUT2D eigenvalue weighted by atomic mass is 9.95. The van der Waals surface area contributed by atoms with E-state index >= 15 is 0 Å². The SMILES string of the molecule is OCC1OC(CNCc2cccc(Cl)c2)C(N2CCc3ccccc3C2)C1O. The van der Waals surface area contributed by atoms with Crippen LogP contribution in [-0.2, 0) is 24.2 Å². The van der Waals surface area contributed by atoms with Crippen molar-refractivity contribution in [1.29, 1.82) is 0 Å². The molecule has 1 saturated heterocycles. The van der Waals surface area contributed by atoms with E-state index in [4.69, 9.17) is 16.3 Å². The van der Waals surface area contributed by atoms with Gasteiger partial charge in [0.25, 0.3) is 0 Å². The van der Waals surface area contributed by atoms with Crippen LogP contribution in [0.25, 0.3) is 0 Å². The Morgan fingerprint density at radius 2 is 1.93 bits per heavy atom. The molecule has 150 valence electrons. The Hall–Kier alpha value is -1.47. The third-order valence-electron chi connectivity index (χ3n) is 5.79. The van der Waals surface area contributed by atoms with Gasteiger partial charge in [-0.2, -0.15) is 0 Å². The summed E-state index contributed by atoms with van der Waals surface area (Å²) in [4.78, 5) is 2.30. The van der Waals surface area contributed by atoms with E-state index in [1.807, 2.05) is 24.3 Å². The Balaban J connectivity index is 1.43. The molecule has 6 heteroatoms. The second kappa shape index (κ2) is 8.91.